The molecule has 0 aliphatic heterocycles. The summed E-state index contributed by atoms with van der Waals surface area (Å²) >= 11 is 0. The van der Waals surface area contributed by atoms with Gasteiger partial charge in [-0.3, -0.25) is 10.1 Å². The molecule has 0 aromatic heterocycles. The van der Waals surface area contributed by atoms with Crippen LogP contribution in [-0.4, -0.2) is 13.0 Å². The fraction of sp³-hybridized carbons (Fsp3) is 0.294. The highest BCUT2D eigenvalue weighted by atomic mass is 28.3. The van der Waals surface area contributed by atoms with Crippen molar-refractivity contribution in [3.8, 4) is 23.3 Å². The molecule has 0 aliphatic rings. The van der Waals surface area contributed by atoms with Crippen molar-refractivity contribution in [1.82, 2.24) is 0 Å². The van der Waals surface area contributed by atoms with Gasteiger partial charge < -0.3 is 0 Å². The number of hydrogen-bond acceptors (Lipinski definition) is 2. The summed E-state index contributed by atoms with van der Waals surface area (Å²) < 4.78 is 0. The Kier molecular flexibility index (Phi) is 5.52. The summed E-state index contributed by atoms with van der Waals surface area (Å²) in [7, 11) is -1.43. The number of nitrogens with zero attached hydrogens (tertiary/aromatic N) is 1. The van der Waals surface area contributed by atoms with E-state index in [4.69, 9.17) is 0 Å². The predicted octanol–water partition coefficient (Wildman–Crippen LogP) is 4.16. The van der Waals surface area contributed by atoms with Gasteiger partial charge >= 0.3 is 0 Å². The van der Waals surface area contributed by atoms with Crippen LogP contribution in [0.3, 0.4) is 0 Å². The highest BCUT2D eigenvalue weighted by Crippen LogP contribution is 2.11. The molecule has 0 N–H and O–H groups in total. The average molecular weight is 297 g/mol. The van der Waals surface area contributed by atoms with Crippen LogP contribution in [0.1, 0.15) is 19.4 Å². The number of nitro benzene ring substituents is 1. The normalized spacial score (nSPS) is 9.76. The molecule has 0 spiro atoms. The maximum atomic E-state index is 10.6. The van der Waals surface area contributed by atoms with Crippen LogP contribution in [0.5, 0.6) is 0 Å². The summed E-state index contributed by atoms with van der Waals surface area (Å²) in [6, 6.07) is 6.22. The summed E-state index contributed by atoms with van der Waals surface area (Å²) in [6.45, 7) is 10.5. The molecule has 0 radical (unpaired) electrons. The highest BCUT2D eigenvalue weighted by Gasteiger charge is 2.07. The zero-order valence-electron chi connectivity index (χ0n) is 13.1. The van der Waals surface area contributed by atoms with Gasteiger partial charge in [-0.25, -0.2) is 0 Å². The summed E-state index contributed by atoms with van der Waals surface area (Å²) in [5, 5.41) is 10.6. The van der Waals surface area contributed by atoms with E-state index in [1.807, 2.05) is 13.8 Å². The van der Waals surface area contributed by atoms with E-state index in [9.17, 15) is 10.1 Å². The van der Waals surface area contributed by atoms with Crippen LogP contribution in [0.4, 0.5) is 5.69 Å². The van der Waals surface area contributed by atoms with Crippen LogP contribution >= 0.6 is 0 Å². The molecule has 0 atom stereocenters. The minimum absolute atomic E-state index is 0.0708. The minimum atomic E-state index is -1.43. The van der Waals surface area contributed by atoms with Gasteiger partial charge in [-0.15, -0.1) is 5.54 Å². The summed E-state index contributed by atoms with van der Waals surface area (Å²) in [5.74, 6) is 9.24. The van der Waals surface area contributed by atoms with Crippen molar-refractivity contribution in [3.05, 3.63) is 51.1 Å². The van der Waals surface area contributed by atoms with Crippen molar-refractivity contribution >= 4 is 13.8 Å². The lowest BCUT2D eigenvalue weighted by Gasteiger charge is -2.03. The molecule has 1 aromatic rings. The largest absolute Gasteiger partial charge is 0.269 e. The maximum absolute atomic E-state index is 10.6. The number of allylic oxidation sites excluding steroid dienone is 2. The Bertz CT molecular complexity index is 683. The van der Waals surface area contributed by atoms with Crippen molar-refractivity contribution in [1.29, 1.82) is 0 Å². The summed E-state index contributed by atoms with van der Waals surface area (Å²) in [6.07, 6.45) is 0. The molecule has 0 bridgehead atoms. The molecule has 0 saturated heterocycles. The predicted molar refractivity (Wildman–Crippen MR) is 89.5 cm³/mol. The molecule has 21 heavy (non-hydrogen) atoms. The van der Waals surface area contributed by atoms with Crippen molar-refractivity contribution in [3.63, 3.8) is 0 Å². The third-order valence-corrected chi connectivity index (χ3v) is 3.35. The smallest absolute Gasteiger partial charge is 0.258 e. The second-order valence-electron chi connectivity index (χ2n) is 5.93. The lowest BCUT2D eigenvalue weighted by molar-refractivity contribution is -0.384. The standard InChI is InChI=1S/C17H19NO2Si/c1-14(2)16(12-13-21(3,4)5)9-6-15-7-10-17(11-8-15)18(19)20/h7-8,10-11H,1-5H3. The van der Waals surface area contributed by atoms with E-state index in [1.165, 1.54) is 12.1 Å². The van der Waals surface area contributed by atoms with Gasteiger partial charge in [0.05, 0.1) is 10.5 Å². The van der Waals surface area contributed by atoms with Gasteiger partial charge in [-0.1, -0.05) is 43.0 Å². The number of nitro groups is 1. The molecule has 1 aromatic carbocycles. The molecular weight excluding hydrogens is 278 g/mol. The van der Waals surface area contributed by atoms with Crippen LogP contribution in [0.15, 0.2) is 35.4 Å². The van der Waals surface area contributed by atoms with Crippen molar-refractivity contribution in [2.24, 2.45) is 0 Å². The lowest BCUT2D eigenvalue weighted by atomic mass is 10.1. The van der Waals surface area contributed by atoms with Gasteiger partial charge in [0.2, 0.25) is 0 Å². The molecule has 0 unspecified atom stereocenters. The van der Waals surface area contributed by atoms with Gasteiger partial charge in [0.1, 0.15) is 8.07 Å². The molecular formula is C17H19NO2Si. The Morgan fingerprint density at radius 1 is 1.10 bits per heavy atom. The van der Waals surface area contributed by atoms with E-state index in [2.05, 4.69) is 42.9 Å². The lowest BCUT2D eigenvalue weighted by Crippen LogP contribution is -2.16. The number of non-ortho nitro benzene ring substituents is 1. The third kappa shape index (κ3) is 6.12. The van der Waals surface area contributed by atoms with E-state index in [0.29, 0.717) is 0 Å². The SMILES string of the molecule is CC(C)=C(C#Cc1ccc([N+](=O)[O-])cc1)C#C[Si](C)(C)C. The first-order chi connectivity index (χ1) is 9.69. The van der Waals surface area contributed by atoms with Crippen LogP contribution in [-0.2, 0) is 0 Å². The molecule has 108 valence electrons. The van der Waals surface area contributed by atoms with Crippen molar-refractivity contribution in [2.45, 2.75) is 33.5 Å². The van der Waals surface area contributed by atoms with Crippen LogP contribution < -0.4 is 0 Å². The van der Waals surface area contributed by atoms with E-state index < -0.39 is 13.0 Å². The molecule has 0 aliphatic carbocycles. The van der Waals surface area contributed by atoms with E-state index in [0.717, 1.165) is 16.7 Å². The van der Waals surface area contributed by atoms with Gasteiger partial charge in [0.15, 0.2) is 0 Å². The summed E-state index contributed by atoms with van der Waals surface area (Å²) in [4.78, 5) is 10.2. The first-order valence-electron chi connectivity index (χ1n) is 6.66. The average Bonchev–Trinajstić information content (AvgIpc) is 2.37. The topological polar surface area (TPSA) is 43.1 Å². The Balaban J connectivity index is 3.04. The van der Waals surface area contributed by atoms with Crippen LogP contribution in [0.25, 0.3) is 0 Å². The van der Waals surface area contributed by atoms with Gasteiger partial charge in [-0.2, -0.15) is 0 Å². The molecule has 4 heteroatoms. The molecule has 1 rings (SSSR count). The van der Waals surface area contributed by atoms with E-state index >= 15 is 0 Å². The first kappa shape index (κ1) is 16.8. The fourth-order valence-corrected chi connectivity index (χ4v) is 1.83. The van der Waals surface area contributed by atoms with E-state index in [1.54, 1.807) is 12.1 Å². The molecule has 3 nitrogen and oxygen atoms in total. The first-order valence-corrected chi connectivity index (χ1v) is 10.2. The Hall–Kier alpha value is -2.30. The van der Waals surface area contributed by atoms with Crippen LogP contribution in [0.2, 0.25) is 19.6 Å². The number of rotatable bonds is 1. The fourth-order valence-electron chi connectivity index (χ4n) is 1.33. The zero-order valence-corrected chi connectivity index (χ0v) is 14.1. The molecule has 0 saturated carbocycles. The van der Waals surface area contributed by atoms with Gasteiger partial charge in [-0.05, 0) is 26.0 Å². The second kappa shape index (κ2) is 6.92. The molecule has 0 heterocycles. The van der Waals surface area contributed by atoms with Crippen LogP contribution in [0, 0.1) is 33.4 Å². The quantitative estimate of drug-likeness (QED) is 0.338. The molecule has 0 amide bonds. The van der Waals surface area contributed by atoms with E-state index in [-0.39, 0.29) is 5.69 Å². The molecule has 0 fully saturated rings. The van der Waals surface area contributed by atoms with Crippen molar-refractivity contribution in [2.75, 3.05) is 0 Å². The van der Waals surface area contributed by atoms with Gasteiger partial charge in [0, 0.05) is 17.7 Å². The van der Waals surface area contributed by atoms with Gasteiger partial charge in [0.25, 0.3) is 5.69 Å². The number of benzene rings is 1. The zero-order chi connectivity index (χ0) is 16.0. The highest BCUT2D eigenvalue weighted by molar-refractivity contribution is 6.83. The summed E-state index contributed by atoms with van der Waals surface area (Å²) in [5.41, 5.74) is 6.03. The second-order valence-corrected chi connectivity index (χ2v) is 10.7. The number of hydrogen-bond donors (Lipinski definition) is 0. The Labute approximate surface area is 127 Å². The Morgan fingerprint density at radius 3 is 2.10 bits per heavy atom. The third-order valence-electron chi connectivity index (χ3n) is 2.47. The maximum Gasteiger partial charge on any atom is 0.269 e. The Morgan fingerprint density at radius 2 is 1.67 bits per heavy atom. The van der Waals surface area contributed by atoms with Crippen molar-refractivity contribution < 1.29 is 4.92 Å². The monoisotopic (exact) mass is 297 g/mol. The minimum Gasteiger partial charge on any atom is -0.258 e.